The van der Waals surface area contributed by atoms with Crippen molar-refractivity contribution in [3.63, 3.8) is 0 Å². The molecular weight excluding hydrogens is 432 g/mol. The zero-order valence-electron chi connectivity index (χ0n) is 18.9. The quantitative estimate of drug-likeness (QED) is 0.640. The maximum atomic E-state index is 13.3. The van der Waals surface area contributed by atoms with E-state index in [-0.39, 0.29) is 17.7 Å². The Bertz CT molecular complexity index is 1180. The van der Waals surface area contributed by atoms with Crippen molar-refractivity contribution in [2.24, 2.45) is 0 Å². The number of hydrogen-bond acceptors (Lipinski definition) is 6. The van der Waals surface area contributed by atoms with Crippen LogP contribution in [0.15, 0.2) is 73.2 Å². The van der Waals surface area contributed by atoms with Gasteiger partial charge in [0.15, 0.2) is 0 Å². The van der Waals surface area contributed by atoms with Crippen molar-refractivity contribution in [3.8, 4) is 5.75 Å². The lowest BCUT2D eigenvalue weighted by Gasteiger charge is -2.48. The summed E-state index contributed by atoms with van der Waals surface area (Å²) in [5.41, 5.74) is 0.645. The van der Waals surface area contributed by atoms with Crippen molar-refractivity contribution < 1.29 is 19.4 Å². The fourth-order valence-corrected chi connectivity index (χ4v) is 5.17. The third kappa shape index (κ3) is 3.55. The average molecular weight is 459 g/mol. The van der Waals surface area contributed by atoms with Gasteiger partial charge in [-0.3, -0.25) is 14.7 Å². The number of nitrogens with zero attached hydrogens (tertiary/aromatic N) is 4. The number of ether oxygens (including phenoxy) is 1. The molecule has 2 fully saturated rings. The van der Waals surface area contributed by atoms with E-state index in [4.69, 9.17) is 4.74 Å². The van der Waals surface area contributed by atoms with Crippen molar-refractivity contribution in [1.82, 2.24) is 19.8 Å². The van der Waals surface area contributed by atoms with Gasteiger partial charge in [-0.25, -0.2) is 9.78 Å². The molecular formula is C26H26N4O4. The summed E-state index contributed by atoms with van der Waals surface area (Å²) in [5, 5.41) is 9.66. The van der Waals surface area contributed by atoms with Crippen LogP contribution in [0.4, 0.5) is 4.79 Å². The van der Waals surface area contributed by atoms with Gasteiger partial charge in [0.25, 0.3) is 5.91 Å². The first-order chi connectivity index (χ1) is 16.4. The Morgan fingerprint density at radius 1 is 1.06 bits per heavy atom. The normalized spacial score (nSPS) is 21.5. The second kappa shape index (κ2) is 8.44. The van der Waals surface area contributed by atoms with Gasteiger partial charge in [-0.2, -0.15) is 0 Å². The molecule has 1 unspecified atom stereocenters. The van der Waals surface area contributed by atoms with Crippen LogP contribution in [0.5, 0.6) is 5.75 Å². The van der Waals surface area contributed by atoms with Crippen molar-refractivity contribution in [2.45, 2.75) is 37.5 Å². The van der Waals surface area contributed by atoms with E-state index in [1.54, 1.807) is 34.1 Å². The molecule has 1 spiro atoms. The molecule has 0 aliphatic carbocycles. The first-order valence-corrected chi connectivity index (χ1v) is 11.3. The number of aromatic nitrogens is 2. The Morgan fingerprint density at radius 3 is 2.41 bits per heavy atom. The van der Waals surface area contributed by atoms with Gasteiger partial charge in [0, 0.05) is 38.3 Å². The summed E-state index contributed by atoms with van der Waals surface area (Å²) in [4.78, 5) is 37.9. The summed E-state index contributed by atoms with van der Waals surface area (Å²) in [6.07, 6.45) is 5.13. The highest BCUT2D eigenvalue weighted by atomic mass is 16.6. The van der Waals surface area contributed by atoms with E-state index in [0.717, 1.165) is 11.1 Å². The van der Waals surface area contributed by atoms with Gasteiger partial charge in [0.05, 0.1) is 12.7 Å². The van der Waals surface area contributed by atoms with Crippen LogP contribution in [0.2, 0.25) is 0 Å². The van der Waals surface area contributed by atoms with Gasteiger partial charge in [0.2, 0.25) is 0 Å². The molecule has 2 amide bonds. The Hall–Kier alpha value is -3.94. The SMILES string of the molecule is CC1(c2ccccc2)N(Cc2ccc(O)cc2)C(=O)OC12CCN(C(=O)c1cnccn1)CC2. The fraction of sp³-hybridized carbons (Fsp3) is 0.308. The monoisotopic (exact) mass is 458 g/mol. The van der Waals surface area contributed by atoms with Crippen molar-refractivity contribution in [2.75, 3.05) is 13.1 Å². The topological polar surface area (TPSA) is 95.9 Å². The number of phenols is 1. The second-order valence-electron chi connectivity index (χ2n) is 8.94. The molecule has 8 nitrogen and oxygen atoms in total. The lowest BCUT2D eigenvalue weighted by molar-refractivity contribution is -0.0552. The van der Waals surface area contributed by atoms with Gasteiger partial charge in [0.1, 0.15) is 22.6 Å². The summed E-state index contributed by atoms with van der Waals surface area (Å²) in [6.45, 7) is 3.28. The summed E-state index contributed by atoms with van der Waals surface area (Å²) in [7, 11) is 0. The lowest BCUT2D eigenvalue weighted by atomic mass is 9.70. The van der Waals surface area contributed by atoms with Crippen LogP contribution in [0.25, 0.3) is 0 Å². The largest absolute Gasteiger partial charge is 0.508 e. The van der Waals surface area contributed by atoms with Crippen LogP contribution in [0.1, 0.15) is 41.4 Å². The summed E-state index contributed by atoms with van der Waals surface area (Å²) in [5.74, 6) is 0.00446. The molecule has 3 aromatic rings. The number of benzene rings is 2. The number of piperidine rings is 1. The fourth-order valence-electron chi connectivity index (χ4n) is 5.17. The number of carbonyl (C=O) groups excluding carboxylic acids is 2. The predicted molar refractivity (Wildman–Crippen MR) is 124 cm³/mol. The molecule has 0 bridgehead atoms. The lowest BCUT2D eigenvalue weighted by Crippen LogP contribution is -2.58. The highest BCUT2D eigenvalue weighted by molar-refractivity contribution is 5.92. The number of carbonyl (C=O) groups is 2. The minimum Gasteiger partial charge on any atom is -0.508 e. The molecule has 0 saturated carbocycles. The molecule has 2 saturated heterocycles. The third-order valence-electron chi connectivity index (χ3n) is 7.18. The molecule has 1 aromatic heterocycles. The van der Waals surface area contributed by atoms with Gasteiger partial charge in [-0.1, -0.05) is 42.5 Å². The van der Waals surface area contributed by atoms with Gasteiger partial charge < -0.3 is 14.7 Å². The minimum atomic E-state index is -0.790. The highest BCUT2D eigenvalue weighted by Gasteiger charge is 2.63. The number of aromatic hydroxyl groups is 1. The molecule has 2 aliphatic rings. The molecule has 1 N–H and O–H groups in total. The minimum absolute atomic E-state index is 0.172. The van der Waals surface area contributed by atoms with E-state index in [2.05, 4.69) is 9.97 Å². The number of likely N-dealkylation sites (tertiary alicyclic amines) is 1. The maximum Gasteiger partial charge on any atom is 0.411 e. The smallest absolute Gasteiger partial charge is 0.411 e. The molecule has 174 valence electrons. The molecule has 8 heteroatoms. The Balaban J connectivity index is 1.46. The molecule has 2 aromatic carbocycles. The van der Waals surface area contributed by atoms with Gasteiger partial charge in [-0.15, -0.1) is 0 Å². The molecule has 2 aliphatic heterocycles. The Kier molecular flexibility index (Phi) is 5.43. The average Bonchev–Trinajstić information content (AvgIpc) is 3.08. The second-order valence-corrected chi connectivity index (χ2v) is 8.94. The van der Waals surface area contributed by atoms with Crippen LogP contribution in [-0.2, 0) is 16.8 Å². The van der Waals surface area contributed by atoms with E-state index in [1.807, 2.05) is 37.3 Å². The summed E-state index contributed by atoms with van der Waals surface area (Å²) in [6, 6.07) is 16.7. The van der Waals surface area contributed by atoms with Crippen molar-refractivity contribution >= 4 is 12.0 Å². The first-order valence-electron chi connectivity index (χ1n) is 11.3. The van der Waals surface area contributed by atoms with Crippen LogP contribution >= 0.6 is 0 Å². The van der Waals surface area contributed by atoms with E-state index >= 15 is 0 Å². The first kappa shape index (κ1) is 21.9. The zero-order valence-corrected chi connectivity index (χ0v) is 18.9. The van der Waals surface area contributed by atoms with E-state index in [9.17, 15) is 14.7 Å². The van der Waals surface area contributed by atoms with Crippen molar-refractivity contribution in [3.05, 3.63) is 90.0 Å². The van der Waals surface area contributed by atoms with Crippen molar-refractivity contribution in [1.29, 1.82) is 0 Å². The van der Waals surface area contributed by atoms with E-state index in [1.165, 1.54) is 18.6 Å². The molecule has 5 rings (SSSR count). The highest BCUT2D eigenvalue weighted by Crippen LogP contribution is 2.52. The van der Waals surface area contributed by atoms with Crippen LogP contribution in [-0.4, -0.2) is 55.6 Å². The van der Waals surface area contributed by atoms with Gasteiger partial charge in [-0.05, 0) is 30.2 Å². The maximum absolute atomic E-state index is 13.3. The third-order valence-corrected chi connectivity index (χ3v) is 7.18. The molecule has 34 heavy (non-hydrogen) atoms. The number of amides is 2. The van der Waals surface area contributed by atoms with E-state index < -0.39 is 11.1 Å². The standard InChI is InChI=1S/C26H26N4O4/c1-25(20-5-3-2-4-6-20)26(34-24(33)30(25)18-19-7-9-21(31)10-8-19)11-15-29(16-12-26)23(32)22-17-27-13-14-28-22/h2-10,13-14,17,31H,11-12,15-16,18H2,1H3. The zero-order chi connectivity index (χ0) is 23.8. The van der Waals surface area contributed by atoms with Crippen LogP contribution in [0, 0.1) is 0 Å². The number of phenolic OH excluding ortho intramolecular Hbond substituents is 1. The molecule has 3 heterocycles. The summed E-state index contributed by atoms with van der Waals surface area (Å²) >= 11 is 0. The van der Waals surface area contributed by atoms with E-state index in [0.29, 0.717) is 38.2 Å². The Labute approximate surface area is 197 Å². The van der Waals surface area contributed by atoms with Crippen LogP contribution < -0.4 is 0 Å². The Morgan fingerprint density at radius 2 is 1.76 bits per heavy atom. The van der Waals surface area contributed by atoms with Gasteiger partial charge >= 0.3 is 6.09 Å². The molecule has 1 atom stereocenters. The molecule has 0 radical (unpaired) electrons. The predicted octanol–water partition coefficient (Wildman–Crippen LogP) is 3.72. The summed E-state index contributed by atoms with van der Waals surface area (Å²) < 4.78 is 6.17. The number of hydrogen-bond donors (Lipinski definition) is 1. The van der Waals surface area contributed by atoms with Crippen LogP contribution in [0.3, 0.4) is 0 Å². The number of rotatable bonds is 4.